The zero-order valence-electron chi connectivity index (χ0n) is 31.3. The van der Waals surface area contributed by atoms with Gasteiger partial charge in [-0.1, -0.05) is 38.1 Å². The number of aromatic nitrogens is 4. The van der Waals surface area contributed by atoms with E-state index in [9.17, 15) is 0 Å². The molecule has 0 aliphatic carbocycles. The summed E-state index contributed by atoms with van der Waals surface area (Å²) >= 11 is 0. The first-order chi connectivity index (χ1) is 25.6. The van der Waals surface area contributed by atoms with Crippen LogP contribution in [0.5, 0.6) is 0 Å². The lowest BCUT2D eigenvalue weighted by molar-refractivity contribution is 1.09. The minimum absolute atomic E-state index is 0.330. The third-order valence-electron chi connectivity index (χ3n) is 11.3. The molecule has 0 unspecified atom stereocenters. The molecule has 0 N–H and O–H groups in total. The van der Waals surface area contributed by atoms with E-state index in [4.69, 9.17) is 19.9 Å². The van der Waals surface area contributed by atoms with Crippen LogP contribution < -0.4 is 31.0 Å². The second-order valence-electron chi connectivity index (χ2n) is 14.9. The van der Waals surface area contributed by atoms with Gasteiger partial charge in [-0.2, -0.15) is 0 Å². The lowest BCUT2D eigenvalue weighted by atomic mass is 10.1. The van der Waals surface area contributed by atoms with E-state index in [1.165, 1.54) is 44.0 Å². The number of anilines is 4. The van der Waals surface area contributed by atoms with Crippen LogP contribution in [0, 0.1) is 0 Å². The number of rotatable bonds is 2. The van der Waals surface area contributed by atoms with Gasteiger partial charge in [0.15, 0.2) is 0 Å². The predicted octanol–water partition coefficient (Wildman–Crippen LogP) is 9.58. The van der Waals surface area contributed by atoms with Crippen LogP contribution in [0.25, 0.3) is 43.6 Å². The van der Waals surface area contributed by atoms with Crippen LogP contribution in [0.4, 0.5) is 22.7 Å². The fraction of sp³-hybridized carbons (Fsp3) is 0.200. The summed E-state index contributed by atoms with van der Waals surface area (Å²) in [4.78, 5) is 24.5. The highest BCUT2D eigenvalue weighted by molar-refractivity contribution is 7.90. The first-order valence-electron chi connectivity index (χ1n) is 18.3. The number of hydrogen-bond acceptors (Lipinski definition) is 6. The summed E-state index contributed by atoms with van der Waals surface area (Å²) in [6.07, 6.45) is 7.62. The van der Waals surface area contributed by atoms with Gasteiger partial charge in [0, 0.05) is 71.0 Å². The highest BCUT2D eigenvalue weighted by Gasteiger charge is 2.47. The molecule has 262 valence electrons. The van der Waals surface area contributed by atoms with Crippen molar-refractivity contribution in [3.8, 4) is 0 Å². The Morgan fingerprint density at radius 1 is 0.491 bits per heavy atom. The van der Waals surface area contributed by atoms with Crippen LogP contribution in [-0.4, -0.2) is 52.0 Å². The number of fused-ring (bicyclic) bond motifs is 8. The van der Waals surface area contributed by atoms with Crippen molar-refractivity contribution in [1.29, 1.82) is 0 Å². The molecule has 0 saturated carbocycles. The molecule has 8 heteroatoms. The second-order valence-corrected chi connectivity index (χ2v) is 21.8. The predicted molar refractivity (Wildman–Crippen MR) is 232 cm³/mol. The van der Waals surface area contributed by atoms with Gasteiger partial charge in [0.05, 0.1) is 64.4 Å². The molecule has 0 radical (unpaired) electrons. The molecule has 0 atom stereocenters. The SMILES string of the molecule is CC(C)P1c2cc3cccnc3cc2N(C)c2cc3ncccc3cc2[P+](C)(C(C)C)c2cc3cccnc3cc2N(C)c2cc3ncccc3cc21. The summed E-state index contributed by atoms with van der Waals surface area (Å²) in [6, 6.07) is 36.1. The van der Waals surface area contributed by atoms with Gasteiger partial charge in [0.25, 0.3) is 0 Å². The number of hydrogen-bond donors (Lipinski definition) is 0. The molecule has 1 aliphatic heterocycles. The van der Waals surface area contributed by atoms with Crippen LogP contribution in [0.3, 0.4) is 0 Å². The Balaban J connectivity index is 1.50. The average molecular weight is 730 g/mol. The molecule has 0 fully saturated rings. The minimum Gasteiger partial charge on any atom is -0.341 e. The lowest BCUT2D eigenvalue weighted by Gasteiger charge is -2.38. The quantitative estimate of drug-likeness (QED) is 0.165. The van der Waals surface area contributed by atoms with E-state index >= 15 is 0 Å². The third kappa shape index (κ3) is 5.38. The summed E-state index contributed by atoms with van der Waals surface area (Å²) in [5.74, 6) is 0. The molecular formula is C45H43N6P2+. The van der Waals surface area contributed by atoms with Gasteiger partial charge < -0.3 is 9.80 Å². The molecule has 0 bridgehead atoms. The summed E-state index contributed by atoms with van der Waals surface area (Å²) in [7, 11) is 1.45. The van der Waals surface area contributed by atoms with Crippen LogP contribution in [0.1, 0.15) is 27.7 Å². The van der Waals surface area contributed by atoms with Crippen LogP contribution in [-0.2, 0) is 0 Å². The Morgan fingerprint density at radius 2 is 0.830 bits per heavy atom. The van der Waals surface area contributed by atoms with E-state index in [1.54, 1.807) is 0 Å². The first kappa shape index (κ1) is 33.8. The van der Waals surface area contributed by atoms with Gasteiger partial charge >= 0.3 is 0 Å². The first-order valence-corrected chi connectivity index (χ1v) is 22.0. The average Bonchev–Trinajstić information content (AvgIpc) is 3.18. The molecule has 0 spiro atoms. The molecule has 9 rings (SSSR count). The normalized spacial score (nSPS) is 17.5. The Morgan fingerprint density at radius 3 is 1.17 bits per heavy atom. The summed E-state index contributed by atoms with van der Waals surface area (Å²) in [5.41, 5.74) is 9.41. The van der Waals surface area contributed by atoms with E-state index in [0.717, 1.165) is 43.6 Å². The molecule has 4 aromatic heterocycles. The Kier molecular flexibility index (Phi) is 8.18. The maximum absolute atomic E-state index is 4.91. The lowest BCUT2D eigenvalue weighted by Crippen LogP contribution is -2.37. The van der Waals surface area contributed by atoms with E-state index in [-0.39, 0.29) is 0 Å². The summed E-state index contributed by atoms with van der Waals surface area (Å²) in [6.45, 7) is 12.1. The van der Waals surface area contributed by atoms with Gasteiger partial charge in [-0.05, 0) is 100 Å². The van der Waals surface area contributed by atoms with Gasteiger partial charge in [0.1, 0.15) is 10.6 Å². The second kappa shape index (κ2) is 12.8. The van der Waals surface area contributed by atoms with Crippen molar-refractivity contribution in [2.75, 3.05) is 30.6 Å². The molecule has 53 heavy (non-hydrogen) atoms. The van der Waals surface area contributed by atoms with Crippen molar-refractivity contribution < 1.29 is 0 Å². The molecule has 6 nitrogen and oxygen atoms in total. The van der Waals surface area contributed by atoms with Crippen LogP contribution in [0.15, 0.2) is 122 Å². The van der Waals surface area contributed by atoms with E-state index < -0.39 is 15.2 Å². The van der Waals surface area contributed by atoms with Gasteiger partial charge in [-0.25, -0.2) is 0 Å². The molecule has 5 heterocycles. The van der Waals surface area contributed by atoms with Gasteiger partial charge in [-0.15, -0.1) is 0 Å². The highest BCUT2D eigenvalue weighted by Crippen LogP contribution is 2.62. The number of benzene rings is 4. The summed E-state index contributed by atoms with van der Waals surface area (Å²) < 4.78 is 0. The largest absolute Gasteiger partial charge is 0.341 e. The fourth-order valence-corrected chi connectivity index (χ4v) is 14.6. The molecule has 0 saturated heterocycles. The number of pyridine rings is 4. The van der Waals surface area contributed by atoms with E-state index in [0.29, 0.717) is 11.3 Å². The van der Waals surface area contributed by atoms with E-state index in [2.05, 4.69) is 143 Å². The molecule has 0 amide bonds. The monoisotopic (exact) mass is 729 g/mol. The maximum Gasteiger partial charge on any atom is 0.123 e. The van der Waals surface area contributed by atoms with Crippen molar-refractivity contribution in [1.82, 2.24) is 19.9 Å². The van der Waals surface area contributed by atoms with Crippen molar-refractivity contribution in [3.63, 3.8) is 0 Å². The Bertz CT molecular complexity index is 2550. The van der Waals surface area contributed by atoms with E-state index in [1.807, 2.05) is 36.9 Å². The van der Waals surface area contributed by atoms with Crippen LogP contribution >= 0.6 is 15.2 Å². The Hall–Kier alpha value is -5.02. The van der Waals surface area contributed by atoms with Crippen LogP contribution in [0.2, 0.25) is 0 Å². The molecule has 1 aliphatic rings. The molecule has 8 aromatic rings. The fourth-order valence-electron chi connectivity index (χ4n) is 8.23. The van der Waals surface area contributed by atoms with Crippen molar-refractivity contribution in [2.24, 2.45) is 0 Å². The highest BCUT2D eigenvalue weighted by atomic mass is 31.2. The van der Waals surface area contributed by atoms with Crippen molar-refractivity contribution >= 4 is 103 Å². The summed E-state index contributed by atoms with van der Waals surface area (Å²) in [5, 5.41) is 10.0. The third-order valence-corrected chi connectivity index (χ3v) is 18.9. The zero-order chi connectivity index (χ0) is 36.6. The standard InChI is InChI=1S/C45H43N6P2/c1-28(2)52-42-20-30-12-8-16-46-34(30)24-38(42)50(5)40-26-36-32(14-10-18-48-36)22-44(40)53(7,29(3)4)45-23-33-15-11-19-49-37(33)27-41(45)51(6)39-25-35-31(21-43(39)52)13-9-17-47-35/h8-29H,1-7H3/q+1. The maximum atomic E-state index is 4.91. The Labute approximate surface area is 313 Å². The molecule has 4 aromatic carbocycles. The van der Waals surface area contributed by atoms with Crippen molar-refractivity contribution in [2.45, 2.75) is 39.0 Å². The van der Waals surface area contributed by atoms with Crippen molar-refractivity contribution in [3.05, 3.63) is 122 Å². The molecular weight excluding hydrogens is 686 g/mol. The van der Waals surface area contributed by atoms with Gasteiger partial charge in [-0.3, -0.25) is 19.9 Å². The van der Waals surface area contributed by atoms with Gasteiger partial charge in [0.2, 0.25) is 0 Å². The number of nitrogens with zero attached hydrogens (tertiary/aromatic N) is 6. The zero-order valence-corrected chi connectivity index (χ0v) is 33.1. The minimum atomic E-state index is -2.17. The topological polar surface area (TPSA) is 58.0 Å². The smallest absolute Gasteiger partial charge is 0.123 e.